The van der Waals surface area contributed by atoms with Gasteiger partial charge in [0.25, 0.3) is 5.56 Å². The Balaban J connectivity index is 1.99. The summed E-state index contributed by atoms with van der Waals surface area (Å²) in [5.41, 5.74) is -4.95. The molecule has 1 aliphatic heterocycles. The monoisotopic (exact) mass is 554 g/mol. The van der Waals surface area contributed by atoms with Gasteiger partial charge >= 0.3 is 19.3 Å². The van der Waals surface area contributed by atoms with Crippen LogP contribution < -0.4 is 15.8 Å². The number of aromatic amines is 1. The number of nitrogens with one attached hydrogen (secondary N) is 1. The van der Waals surface area contributed by atoms with Gasteiger partial charge in [0, 0.05) is 12.3 Å². The van der Waals surface area contributed by atoms with Crippen LogP contribution in [0.1, 0.15) is 36.7 Å². The Morgan fingerprint density at radius 3 is 2.61 bits per heavy atom. The number of aromatic nitrogens is 2. The predicted molar refractivity (Wildman–Crippen MR) is 134 cm³/mol. The van der Waals surface area contributed by atoms with Crippen LogP contribution in [0.4, 0.5) is 4.39 Å². The molecule has 1 aliphatic rings. The van der Waals surface area contributed by atoms with Crippen molar-refractivity contribution in [3.63, 3.8) is 0 Å². The largest absolute Gasteiger partial charge is 0.463 e. The third-order valence-corrected chi connectivity index (χ3v) is 7.19. The summed E-state index contributed by atoms with van der Waals surface area (Å²) in [5, 5.41) is 10.9. The van der Waals surface area contributed by atoms with Gasteiger partial charge in [-0.2, -0.15) is 0 Å². The maximum absolute atomic E-state index is 16.2. The zero-order chi connectivity index (χ0) is 29.9. The van der Waals surface area contributed by atoms with E-state index in [1.165, 1.54) is 26.0 Å². The molecule has 6 atom stereocenters. The minimum atomic E-state index is -4.60. The molecule has 2 N–H and O–H groups in total. The highest BCUT2D eigenvalue weighted by Gasteiger charge is 2.58. The Morgan fingerprint density at radius 2 is 2.00 bits per heavy atom. The maximum atomic E-state index is 16.2. The highest BCUT2D eigenvalue weighted by molar-refractivity contribution is 7.54. The minimum Gasteiger partial charge on any atom is -0.463 e. The Kier molecular flexibility index (Phi) is 8.39. The van der Waals surface area contributed by atoms with Crippen molar-refractivity contribution in [3.05, 3.63) is 63.4 Å². The lowest BCUT2D eigenvalue weighted by atomic mass is 9.96. The number of hydrogen-bond acceptors (Lipinski definition) is 9. The first-order chi connectivity index (χ1) is 18.6. The molecular formula is C25H30FN2O9P. The van der Waals surface area contributed by atoms with E-state index >= 15 is 4.39 Å². The van der Waals surface area contributed by atoms with Crippen LogP contribution in [0.2, 0.25) is 0 Å². The van der Waals surface area contributed by atoms with E-state index in [2.05, 4.69) is 11.8 Å². The highest BCUT2D eigenvalue weighted by Crippen LogP contribution is 2.51. The Hall–Kier alpha value is -3.23. The van der Waals surface area contributed by atoms with Crippen molar-refractivity contribution in [1.29, 1.82) is 0 Å². The van der Waals surface area contributed by atoms with Crippen LogP contribution in [0.5, 0.6) is 5.75 Å². The molecule has 3 rings (SSSR count). The number of nitrogens with zero attached hydrogens (tertiary/aromatic N) is 1. The Labute approximate surface area is 221 Å². The number of para-hydroxylation sites is 1. The number of benzene rings is 1. The van der Waals surface area contributed by atoms with Crippen molar-refractivity contribution >= 4 is 13.6 Å². The van der Waals surface area contributed by atoms with Gasteiger partial charge in [-0.1, -0.05) is 31.0 Å². The molecule has 13 heteroatoms. The molecule has 1 unspecified atom stereocenters. The Bertz CT molecular complexity index is 1440. The zero-order valence-corrected chi connectivity index (χ0v) is 22.0. The number of ether oxygens (including phenoxy) is 2. The first-order valence-electron chi connectivity index (χ1n) is 12.6. The summed E-state index contributed by atoms with van der Waals surface area (Å²) < 4.78 is 69.2. The summed E-state index contributed by atoms with van der Waals surface area (Å²) in [4.78, 5) is 38.2. The van der Waals surface area contributed by atoms with Gasteiger partial charge in [-0.3, -0.25) is 23.7 Å². The molecule has 0 radical (unpaired) electrons. The average molecular weight is 555 g/mol. The number of hydrogen-bond donors (Lipinski definition) is 2. The third kappa shape index (κ3) is 6.79. The molecule has 0 saturated carbocycles. The smallest absolute Gasteiger partial charge is 0.380 e. The van der Waals surface area contributed by atoms with Crippen LogP contribution >= 0.6 is 7.60 Å². The SMILES string of the molecule is [2H]C([2H])(O[P@@](=O)(C[C@@H](C)C(=O)OC(C)C)Oc1ccccc1)[C@H]1O[C@@H](n2ccc(=O)[nH]c2=O)C(F)(C#CC)[C@H]1O. The molecule has 206 valence electrons. The van der Waals surface area contributed by atoms with Gasteiger partial charge in [0.05, 0.1) is 27.5 Å². The van der Waals surface area contributed by atoms with E-state index in [1.54, 1.807) is 32.0 Å². The lowest BCUT2D eigenvalue weighted by molar-refractivity contribution is -0.151. The van der Waals surface area contributed by atoms with E-state index in [0.29, 0.717) is 4.57 Å². The molecule has 0 bridgehead atoms. The number of esters is 1. The van der Waals surface area contributed by atoms with Crippen molar-refractivity contribution in [2.24, 2.45) is 5.92 Å². The molecule has 1 aromatic heterocycles. The van der Waals surface area contributed by atoms with Gasteiger partial charge in [0.1, 0.15) is 18.0 Å². The van der Waals surface area contributed by atoms with Crippen LogP contribution in [0.15, 0.2) is 52.2 Å². The van der Waals surface area contributed by atoms with Gasteiger partial charge < -0.3 is 19.1 Å². The quantitative estimate of drug-likeness (QED) is 0.257. The number of alkyl halides is 1. The number of aliphatic hydroxyl groups excluding tert-OH is 1. The van der Waals surface area contributed by atoms with Crippen molar-refractivity contribution in [2.75, 3.05) is 12.7 Å². The van der Waals surface area contributed by atoms with E-state index in [9.17, 15) is 24.1 Å². The summed E-state index contributed by atoms with van der Waals surface area (Å²) >= 11 is 0. The maximum Gasteiger partial charge on any atom is 0.380 e. The van der Waals surface area contributed by atoms with Gasteiger partial charge in [0.2, 0.25) is 5.67 Å². The molecule has 2 heterocycles. The summed E-state index contributed by atoms with van der Waals surface area (Å²) in [6.45, 7) is 2.64. The van der Waals surface area contributed by atoms with Gasteiger partial charge in [-0.25, -0.2) is 13.8 Å². The van der Waals surface area contributed by atoms with E-state index in [4.69, 9.17) is 21.3 Å². The number of H-pyrrole nitrogens is 1. The lowest BCUT2D eigenvalue weighted by Gasteiger charge is -2.25. The molecule has 0 amide bonds. The topological polar surface area (TPSA) is 146 Å². The van der Waals surface area contributed by atoms with Crippen LogP contribution in [0.25, 0.3) is 0 Å². The molecule has 1 fully saturated rings. The van der Waals surface area contributed by atoms with Crippen molar-refractivity contribution in [3.8, 4) is 17.6 Å². The van der Waals surface area contributed by atoms with Crippen LogP contribution in [-0.2, 0) is 23.4 Å². The zero-order valence-electron chi connectivity index (χ0n) is 23.1. The van der Waals surface area contributed by atoms with Crippen molar-refractivity contribution in [1.82, 2.24) is 9.55 Å². The second kappa shape index (κ2) is 12.1. The summed E-state index contributed by atoms with van der Waals surface area (Å²) in [5.74, 6) is 2.57. The van der Waals surface area contributed by atoms with Gasteiger partial charge in [0.15, 0.2) is 6.23 Å². The first-order valence-corrected chi connectivity index (χ1v) is 13.4. The minimum absolute atomic E-state index is 0.0216. The number of aliphatic hydroxyl groups is 1. The lowest BCUT2D eigenvalue weighted by Crippen LogP contribution is -2.45. The highest BCUT2D eigenvalue weighted by atomic mass is 31.2. The number of carbonyl (C=O) groups excluding carboxylic acids is 1. The molecular weight excluding hydrogens is 522 g/mol. The van der Waals surface area contributed by atoms with Crippen LogP contribution in [0.3, 0.4) is 0 Å². The summed E-state index contributed by atoms with van der Waals surface area (Å²) in [6.07, 6.45) is -6.83. The molecule has 0 aliphatic carbocycles. The number of rotatable bonds is 10. The normalized spacial score (nSPS) is 26.3. The van der Waals surface area contributed by atoms with Gasteiger partial charge in [-0.05, 0) is 32.9 Å². The third-order valence-electron chi connectivity index (χ3n) is 5.32. The van der Waals surface area contributed by atoms with E-state index in [0.717, 1.165) is 12.3 Å². The summed E-state index contributed by atoms with van der Waals surface area (Å²) in [6, 6.07) is 8.51. The molecule has 2 aromatic rings. The fourth-order valence-electron chi connectivity index (χ4n) is 3.60. The molecule has 1 saturated heterocycles. The first kappa shape index (κ1) is 26.4. The number of carbonyl (C=O) groups is 1. The van der Waals surface area contributed by atoms with Gasteiger partial charge in [-0.15, -0.1) is 5.92 Å². The molecule has 11 nitrogen and oxygen atoms in total. The fraction of sp³-hybridized carbons (Fsp3) is 0.480. The van der Waals surface area contributed by atoms with Crippen molar-refractivity contribution in [2.45, 2.75) is 57.9 Å². The van der Waals surface area contributed by atoms with E-state index in [-0.39, 0.29) is 5.75 Å². The molecule has 38 heavy (non-hydrogen) atoms. The standard InChI is InChI=1S/C25H30FN2O9P/c1-5-12-25(26)21(30)19(36-23(25)28-13-11-20(29)27-24(28)32)14-34-38(33,37-18-9-7-6-8-10-18)15-17(4)22(31)35-16(2)3/h6-11,13,16-17,19,21,23,30H,14-15H2,1-4H3,(H,27,29,32)/t17-,19-,21+,23-,25?,38+/m1/s1/i14D2. The Morgan fingerprint density at radius 1 is 1.32 bits per heavy atom. The van der Waals surface area contributed by atoms with E-state index in [1.807, 2.05) is 4.98 Å². The fourth-order valence-corrected chi connectivity index (χ4v) is 5.32. The molecule has 1 aromatic carbocycles. The summed E-state index contributed by atoms with van der Waals surface area (Å²) in [7, 11) is -4.60. The average Bonchev–Trinajstić information content (AvgIpc) is 3.10. The van der Waals surface area contributed by atoms with Crippen LogP contribution in [0, 0.1) is 17.8 Å². The molecule has 0 spiro atoms. The van der Waals surface area contributed by atoms with E-state index < -0.39 is 73.7 Å². The number of halogens is 1. The van der Waals surface area contributed by atoms with Crippen molar-refractivity contribution < 1.29 is 40.1 Å². The second-order valence-electron chi connectivity index (χ2n) is 8.81. The predicted octanol–water partition coefficient (Wildman–Crippen LogP) is 2.40. The second-order valence-corrected chi connectivity index (χ2v) is 10.8. The van der Waals surface area contributed by atoms with Crippen LogP contribution in [-0.4, -0.2) is 57.3 Å².